The van der Waals surface area contributed by atoms with Crippen LogP contribution in [0.15, 0.2) is 36.4 Å². The Morgan fingerprint density at radius 2 is 1.59 bits per heavy atom. The summed E-state index contributed by atoms with van der Waals surface area (Å²) in [6.45, 7) is 12.1. The lowest BCUT2D eigenvalue weighted by molar-refractivity contribution is 0.248. The zero-order chi connectivity index (χ0) is 18.5. The van der Waals surface area contributed by atoms with E-state index in [1.54, 1.807) is 7.11 Å². The fraction of sp³-hybridized carbons (Fsp3) is 0.455. The molecule has 0 atom stereocenters. The number of rotatable bonds is 6. The van der Waals surface area contributed by atoms with Crippen molar-refractivity contribution in [3.8, 4) is 11.5 Å². The minimum absolute atomic E-state index is 0. The molecule has 0 unspecified atom stereocenters. The zero-order valence-corrected chi connectivity index (χ0v) is 17.6. The Labute approximate surface area is 169 Å². The van der Waals surface area contributed by atoms with Crippen LogP contribution in [-0.4, -0.2) is 44.8 Å². The molecule has 0 N–H and O–H groups in total. The van der Waals surface area contributed by atoms with Crippen LogP contribution < -0.4 is 14.4 Å². The first kappa shape index (κ1) is 21.4. The molecule has 1 fully saturated rings. The van der Waals surface area contributed by atoms with Gasteiger partial charge in [-0.25, -0.2) is 0 Å². The Hall–Kier alpha value is -1.91. The first-order valence-electron chi connectivity index (χ1n) is 9.45. The topological polar surface area (TPSA) is 24.9 Å². The molecule has 5 heteroatoms. The van der Waals surface area contributed by atoms with E-state index >= 15 is 0 Å². The Bertz CT molecular complexity index is 720. The lowest BCUT2D eigenvalue weighted by Crippen LogP contribution is -2.46. The minimum atomic E-state index is 0. The van der Waals surface area contributed by atoms with E-state index in [9.17, 15) is 0 Å². The molecular weight excluding hydrogens is 360 g/mol. The molecule has 27 heavy (non-hydrogen) atoms. The van der Waals surface area contributed by atoms with Gasteiger partial charge in [-0.3, -0.25) is 4.90 Å². The van der Waals surface area contributed by atoms with Crippen LogP contribution in [-0.2, 0) is 6.54 Å². The van der Waals surface area contributed by atoms with Gasteiger partial charge in [0.05, 0.1) is 19.4 Å². The van der Waals surface area contributed by atoms with Crippen LogP contribution >= 0.6 is 12.4 Å². The summed E-state index contributed by atoms with van der Waals surface area (Å²) in [6, 6.07) is 12.9. The molecule has 148 valence electrons. The van der Waals surface area contributed by atoms with E-state index in [-0.39, 0.29) is 12.4 Å². The Morgan fingerprint density at radius 1 is 0.963 bits per heavy atom. The quantitative estimate of drug-likeness (QED) is 0.727. The SMILES string of the molecule is CCOc1ccccc1N1CCN(Cc2cc(C)c(OC)c(C)c2)CC1.Cl. The van der Waals surface area contributed by atoms with Crippen molar-refractivity contribution in [3.05, 3.63) is 53.1 Å². The molecule has 1 aliphatic rings. The average molecular weight is 391 g/mol. The van der Waals surface area contributed by atoms with Crippen molar-refractivity contribution in [1.29, 1.82) is 0 Å². The number of piperazine rings is 1. The van der Waals surface area contributed by atoms with E-state index in [0.29, 0.717) is 6.61 Å². The fourth-order valence-electron chi connectivity index (χ4n) is 3.85. The standard InChI is InChI=1S/C22H30N2O2.ClH/c1-5-26-21-9-7-6-8-20(21)24-12-10-23(11-13-24)16-19-14-17(2)22(25-4)18(3)15-19;/h6-9,14-15H,5,10-13,16H2,1-4H3;1H. The number of hydrogen-bond acceptors (Lipinski definition) is 4. The van der Waals surface area contributed by atoms with Gasteiger partial charge in [0.25, 0.3) is 0 Å². The highest BCUT2D eigenvalue weighted by molar-refractivity contribution is 5.85. The Kier molecular flexibility index (Phi) is 7.81. The summed E-state index contributed by atoms with van der Waals surface area (Å²) in [5.74, 6) is 2.00. The van der Waals surface area contributed by atoms with Crippen molar-refractivity contribution < 1.29 is 9.47 Å². The second kappa shape index (κ2) is 9.86. The predicted molar refractivity (Wildman–Crippen MR) is 115 cm³/mol. The number of methoxy groups -OCH3 is 1. The Balaban J connectivity index is 0.00000261. The smallest absolute Gasteiger partial charge is 0.142 e. The molecule has 1 saturated heterocycles. The largest absolute Gasteiger partial charge is 0.496 e. The number of aryl methyl sites for hydroxylation is 2. The van der Waals surface area contributed by atoms with Crippen molar-refractivity contribution in [3.63, 3.8) is 0 Å². The van der Waals surface area contributed by atoms with Gasteiger partial charge >= 0.3 is 0 Å². The number of hydrogen-bond donors (Lipinski definition) is 0. The van der Waals surface area contributed by atoms with Gasteiger partial charge in [-0.2, -0.15) is 0 Å². The van der Waals surface area contributed by atoms with Gasteiger partial charge in [-0.15, -0.1) is 12.4 Å². The van der Waals surface area contributed by atoms with Gasteiger partial charge in [0, 0.05) is 32.7 Å². The maximum absolute atomic E-state index is 5.79. The van der Waals surface area contributed by atoms with Gasteiger partial charge in [-0.05, 0) is 49.6 Å². The highest BCUT2D eigenvalue weighted by Gasteiger charge is 2.20. The van der Waals surface area contributed by atoms with E-state index in [2.05, 4.69) is 54.0 Å². The van der Waals surface area contributed by atoms with Gasteiger partial charge in [0.2, 0.25) is 0 Å². The second-order valence-electron chi connectivity index (χ2n) is 6.93. The molecule has 0 aromatic heterocycles. The molecule has 0 aliphatic carbocycles. The van der Waals surface area contributed by atoms with Crippen LogP contribution in [0.2, 0.25) is 0 Å². The number of nitrogens with zero attached hydrogens (tertiary/aromatic N) is 2. The number of ether oxygens (including phenoxy) is 2. The average Bonchev–Trinajstić information content (AvgIpc) is 2.63. The lowest BCUT2D eigenvalue weighted by atomic mass is 10.0. The molecule has 2 aromatic carbocycles. The third-order valence-corrected chi connectivity index (χ3v) is 5.01. The number of benzene rings is 2. The summed E-state index contributed by atoms with van der Waals surface area (Å²) < 4.78 is 11.3. The van der Waals surface area contributed by atoms with Crippen molar-refractivity contribution in [1.82, 2.24) is 4.90 Å². The third-order valence-electron chi connectivity index (χ3n) is 5.01. The summed E-state index contributed by atoms with van der Waals surface area (Å²) in [4.78, 5) is 4.96. The predicted octanol–water partition coefficient (Wildman–Crippen LogP) is 4.45. The molecule has 0 saturated carbocycles. The third kappa shape index (κ3) is 5.08. The highest BCUT2D eigenvalue weighted by Crippen LogP contribution is 2.29. The number of para-hydroxylation sites is 2. The van der Waals surface area contributed by atoms with Crippen LogP contribution in [0, 0.1) is 13.8 Å². The summed E-state index contributed by atoms with van der Waals surface area (Å²) in [6.07, 6.45) is 0. The summed E-state index contributed by atoms with van der Waals surface area (Å²) in [5.41, 5.74) is 5.01. The van der Waals surface area contributed by atoms with Crippen molar-refractivity contribution in [2.45, 2.75) is 27.3 Å². The van der Waals surface area contributed by atoms with Gasteiger partial charge < -0.3 is 14.4 Å². The molecule has 1 heterocycles. The molecule has 0 spiro atoms. The van der Waals surface area contributed by atoms with Gasteiger partial charge in [-0.1, -0.05) is 24.3 Å². The summed E-state index contributed by atoms with van der Waals surface area (Å²) >= 11 is 0. The second-order valence-corrected chi connectivity index (χ2v) is 6.93. The Morgan fingerprint density at radius 3 is 2.19 bits per heavy atom. The van der Waals surface area contributed by atoms with Crippen LogP contribution in [0.25, 0.3) is 0 Å². The van der Waals surface area contributed by atoms with Crippen molar-refractivity contribution in [2.24, 2.45) is 0 Å². The normalized spacial score (nSPS) is 14.6. The number of anilines is 1. The van der Waals surface area contributed by atoms with Crippen molar-refractivity contribution >= 4 is 18.1 Å². The van der Waals surface area contributed by atoms with E-state index in [1.165, 1.54) is 22.4 Å². The first-order chi connectivity index (χ1) is 12.6. The minimum Gasteiger partial charge on any atom is -0.496 e. The van der Waals surface area contributed by atoms with Crippen LogP contribution in [0.3, 0.4) is 0 Å². The van der Waals surface area contributed by atoms with Gasteiger partial charge in [0.1, 0.15) is 11.5 Å². The van der Waals surface area contributed by atoms with Crippen LogP contribution in [0.5, 0.6) is 11.5 Å². The molecule has 1 aliphatic heterocycles. The number of halogens is 1. The summed E-state index contributed by atoms with van der Waals surface area (Å²) in [5, 5.41) is 0. The zero-order valence-electron chi connectivity index (χ0n) is 16.8. The molecule has 4 nitrogen and oxygen atoms in total. The van der Waals surface area contributed by atoms with E-state index in [0.717, 1.165) is 44.2 Å². The highest BCUT2D eigenvalue weighted by atomic mass is 35.5. The monoisotopic (exact) mass is 390 g/mol. The van der Waals surface area contributed by atoms with E-state index < -0.39 is 0 Å². The van der Waals surface area contributed by atoms with Gasteiger partial charge in [0.15, 0.2) is 0 Å². The molecule has 2 aromatic rings. The molecule has 0 bridgehead atoms. The van der Waals surface area contributed by atoms with Crippen LogP contribution in [0.1, 0.15) is 23.6 Å². The molecule has 0 radical (unpaired) electrons. The van der Waals surface area contributed by atoms with E-state index in [4.69, 9.17) is 9.47 Å². The maximum Gasteiger partial charge on any atom is 0.142 e. The summed E-state index contributed by atoms with van der Waals surface area (Å²) in [7, 11) is 1.74. The molecular formula is C22H31ClN2O2. The first-order valence-corrected chi connectivity index (χ1v) is 9.45. The molecule has 3 rings (SSSR count). The van der Waals surface area contributed by atoms with E-state index in [1.807, 2.05) is 13.0 Å². The molecule has 0 amide bonds. The fourth-order valence-corrected chi connectivity index (χ4v) is 3.85. The van der Waals surface area contributed by atoms with Crippen LogP contribution in [0.4, 0.5) is 5.69 Å². The van der Waals surface area contributed by atoms with Crippen molar-refractivity contribution in [2.75, 3.05) is 44.8 Å². The lowest BCUT2D eigenvalue weighted by Gasteiger charge is -2.36. The maximum atomic E-state index is 5.79.